The number of ketones is 1. The molecule has 6 heteroatoms. The van der Waals surface area contributed by atoms with Gasteiger partial charge in [-0.15, -0.1) is 0 Å². The number of anilines is 2. The molecule has 0 unspecified atom stereocenters. The lowest BCUT2D eigenvalue weighted by molar-refractivity contribution is 0.101. The van der Waals surface area contributed by atoms with Gasteiger partial charge < -0.3 is 10.2 Å². The summed E-state index contributed by atoms with van der Waals surface area (Å²) in [6.45, 7) is 3.12. The predicted molar refractivity (Wildman–Crippen MR) is 108 cm³/mol. The van der Waals surface area contributed by atoms with Gasteiger partial charge in [-0.3, -0.25) is 9.59 Å². The van der Waals surface area contributed by atoms with E-state index in [1.165, 1.54) is 24.4 Å². The van der Waals surface area contributed by atoms with Gasteiger partial charge in [-0.1, -0.05) is 24.3 Å². The Morgan fingerprint density at radius 1 is 1.00 bits per heavy atom. The van der Waals surface area contributed by atoms with E-state index in [0.717, 1.165) is 25.3 Å². The molecule has 0 spiro atoms. The SMILES string of the molecule is CC(=O)c1ccc(NC(=O)c2cc(N3CCc4ccccc4C3)ncn2)cc1. The molecule has 28 heavy (non-hydrogen) atoms. The largest absolute Gasteiger partial charge is 0.352 e. The van der Waals surface area contributed by atoms with Crippen LogP contribution in [0.25, 0.3) is 0 Å². The van der Waals surface area contributed by atoms with Gasteiger partial charge in [0.1, 0.15) is 17.8 Å². The number of benzene rings is 2. The monoisotopic (exact) mass is 372 g/mol. The van der Waals surface area contributed by atoms with Crippen LogP contribution in [0.4, 0.5) is 11.5 Å². The highest BCUT2D eigenvalue weighted by Gasteiger charge is 2.18. The number of rotatable bonds is 4. The van der Waals surface area contributed by atoms with Crippen LogP contribution in [0.15, 0.2) is 60.9 Å². The lowest BCUT2D eigenvalue weighted by Gasteiger charge is -2.29. The van der Waals surface area contributed by atoms with Crippen molar-refractivity contribution in [1.82, 2.24) is 9.97 Å². The van der Waals surface area contributed by atoms with Gasteiger partial charge in [-0.25, -0.2) is 9.97 Å². The fourth-order valence-electron chi connectivity index (χ4n) is 3.32. The smallest absolute Gasteiger partial charge is 0.274 e. The minimum absolute atomic E-state index is 0.0126. The van der Waals surface area contributed by atoms with Crippen LogP contribution in [0.1, 0.15) is 38.9 Å². The Labute approximate surface area is 163 Å². The molecule has 6 nitrogen and oxygen atoms in total. The summed E-state index contributed by atoms with van der Waals surface area (Å²) in [7, 11) is 0. The quantitative estimate of drug-likeness (QED) is 0.710. The second-order valence-electron chi connectivity index (χ2n) is 6.79. The van der Waals surface area contributed by atoms with Crippen molar-refractivity contribution in [1.29, 1.82) is 0 Å². The van der Waals surface area contributed by atoms with Crippen LogP contribution in [0.5, 0.6) is 0 Å². The summed E-state index contributed by atoms with van der Waals surface area (Å²) >= 11 is 0. The van der Waals surface area contributed by atoms with E-state index in [1.807, 2.05) is 6.07 Å². The van der Waals surface area contributed by atoms with E-state index in [-0.39, 0.29) is 11.7 Å². The molecule has 0 radical (unpaired) electrons. The van der Waals surface area contributed by atoms with Gasteiger partial charge in [0.25, 0.3) is 5.91 Å². The first-order valence-electron chi connectivity index (χ1n) is 9.16. The van der Waals surface area contributed by atoms with Crippen molar-refractivity contribution in [2.75, 3.05) is 16.8 Å². The summed E-state index contributed by atoms with van der Waals surface area (Å²) in [6, 6.07) is 16.9. The van der Waals surface area contributed by atoms with Crippen molar-refractivity contribution in [3.63, 3.8) is 0 Å². The Morgan fingerprint density at radius 2 is 1.75 bits per heavy atom. The van der Waals surface area contributed by atoms with Crippen molar-refractivity contribution >= 4 is 23.2 Å². The first-order chi connectivity index (χ1) is 13.6. The minimum atomic E-state index is -0.309. The molecule has 4 rings (SSSR count). The molecule has 1 aliphatic rings. The van der Waals surface area contributed by atoms with Crippen LogP contribution in [-0.2, 0) is 13.0 Å². The van der Waals surface area contributed by atoms with E-state index in [4.69, 9.17) is 0 Å². The normalized spacial score (nSPS) is 13.0. The van der Waals surface area contributed by atoms with Crippen LogP contribution in [-0.4, -0.2) is 28.2 Å². The highest BCUT2D eigenvalue weighted by Crippen LogP contribution is 2.23. The third kappa shape index (κ3) is 3.76. The summed E-state index contributed by atoms with van der Waals surface area (Å²) in [5, 5.41) is 2.81. The summed E-state index contributed by atoms with van der Waals surface area (Å²) in [5.41, 5.74) is 4.16. The Hall–Kier alpha value is -3.54. The molecule has 3 aromatic rings. The molecule has 140 valence electrons. The Kier molecular flexibility index (Phi) is 4.85. The standard InChI is InChI=1S/C22H20N4O2/c1-15(27)16-6-8-19(9-7-16)25-22(28)20-12-21(24-14-23-20)26-11-10-17-4-2-3-5-18(17)13-26/h2-9,12,14H,10-11,13H2,1H3,(H,25,28). The molecule has 0 aliphatic carbocycles. The summed E-state index contributed by atoms with van der Waals surface area (Å²) in [6.07, 6.45) is 2.37. The van der Waals surface area contributed by atoms with Crippen LogP contribution in [0, 0.1) is 0 Å². The average Bonchev–Trinajstić information content (AvgIpc) is 2.74. The van der Waals surface area contributed by atoms with Gasteiger partial charge in [-0.2, -0.15) is 0 Å². The van der Waals surface area contributed by atoms with E-state index in [2.05, 4.69) is 38.4 Å². The maximum Gasteiger partial charge on any atom is 0.274 e. The number of nitrogens with one attached hydrogen (secondary N) is 1. The molecule has 1 aromatic heterocycles. The van der Waals surface area contributed by atoms with E-state index < -0.39 is 0 Å². The zero-order chi connectivity index (χ0) is 19.5. The van der Waals surface area contributed by atoms with Gasteiger partial charge in [0, 0.05) is 30.4 Å². The molecule has 2 aromatic carbocycles. The summed E-state index contributed by atoms with van der Waals surface area (Å²) in [4.78, 5) is 34.6. The van der Waals surface area contributed by atoms with Gasteiger partial charge in [0.2, 0.25) is 0 Å². The highest BCUT2D eigenvalue weighted by atomic mass is 16.2. The molecule has 2 heterocycles. The highest BCUT2D eigenvalue weighted by molar-refractivity contribution is 6.03. The number of hydrogen-bond donors (Lipinski definition) is 1. The molecular formula is C22H20N4O2. The molecule has 1 amide bonds. The lowest BCUT2D eigenvalue weighted by atomic mass is 10.00. The third-order valence-corrected chi connectivity index (χ3v) is 4.89. The number of nitrogens with zero attached hydrogens (tertiary/aromatic N) is 3. The van der Waals surface area contributed by atoms with Gasteiger partial charge in [-0.05, 0) is 48.7 Å². The first-order valence-corrected chi connectivity index (χ1v) is 9.16. The fraction of sp³-hybridized carbons (Fsp3) is 0.182. The van der Waals surface area contributed by atoms with E-state index in [1.54, 1.807) is 30.3 Å². The number of carbonyl (C=O) groups excluding carboxylic acids is 2. The zero-order valence-electron chi connectivity index (χ0n) is 15.6. The number of aromatic nitrogens is 2. The van der Waals surface area contributed by atoms with Gasteiger partial charge >= 0.3 is 0 Å². The number of hydrogen-bond acceptors (Lipinski definition) is 5. The molecule has 0 fully saturated rings. The molecule has 0 saturated heterocycles. The average molecular weight is 372 g/mol. The van der Waals surface area contributed by atoms with Crippen LogP contribution in [0.2, 0.25) is 0 Å². The second-order valence-corrected chi connectivity index (χ2v) is 6.79. The Morgan fingerprint density at radius 3 is 2.50 bits per heavy atom. The number of amides is 1. The van der Waals surface area contributed by atoms with Crippen molar-refractivity contribution in [3.05, 3.63) is 83.3 Å². The predicted octanol–water partition coefficient (Wildman–Crippen LogP) is 3.49. The summed E-state index contributed by atoms with van der Waals surface area (Å²) in [5.74, 6) is 0.416. The van der Waals surface area contributed by atoms with Crippen LogP contribution >= 0.6 is 0 Å². The fourth-order valence-corrected chi connectivity index (χ4v) is 3.32. The maximum atomic E-state index is 12.6. The minimum Gasteiger partial charge on any atom is -0.352 e. The van der Waals surface area contributed by atoms with Gasteiger partial charge in [0.05, 0.1) is 0 Å². The molecule has 0 bridgehead atoms. The molecule has 0 saturated carbocycles. The van der Waals surface area contributed by atoms with Crippen LogP contribution in [0.3, 0.4) is 0 Å². The molecular weight excluding hydrogens is 352 g/mol. The lowest BCUT2D eigenvalue weighted by Crippen LogP contribution is -2.31. The maximum absolute atomic E-state index is 12.6. The van der Waals surface area contributed by atoms with Gasteiger partial charge in [0.15, 0.2) is 5.78 Å². The number of fused-ring (bicyclic) bond motifs is 1. The van der Waals surface area contributed by atoms with E-state index >= 15 is 0 Å². The third-order valence-electron chi connectivity index (χ3n) is 4.89. The van der Waals surface area contributed by atoms with Crippen molar-refractivity contribution in [2.24, 2.45) is 0 Å². The first kappa shape index (κ1) is 17.9. The molecule has 0 atom stereocenters. The molecule has 1 N–H and O–H groups in total. The molecule has 1 aliphatic heterocycles. The summed E-state index contributed by atoms with van der Waals surface area (Å²) < 4.78 is 0. The zero-order valence-corrected chi connectivity index (χ0v) is 15.6. The van der Waals surface area contributed by atoms with Crippen molar-refractivity contribution in [2.45, 2.75) is 19.9 Å². The van der Waals surface area contributed by atoms with Crippen molar-refractivity contribution < 1.29 is 9.59 Å². The topological polar surface area (TPSA) is 75.2 Å². The van der Waals surface area contributed by atoms with Crippen LogP contribution < -0.4 is 10.2 Å². The Balaban J connectivity index is 1.49. The van der Waals surface area contributed by atoms with E-state index in [9.17, 15) is 9.59 Å². The number of Topliss-reactive ketones (excluding diaryl/α,β-unsaturated/α-hetero) is 1. The van der Waals surface area contributed by atoms with Crippen molar-refractivity contribution in [3.8, 4) is 0 Å². The number of carbonyl (C=O) groups is 2. The van der Waals surface area contributed by atoms with E-state index in [0.29, 0.717) is 16.9 Å². The second kappa shape index (κ2) is 7.60. The Bertz CT molecular complexity index is 1030.